The molecule has 1 atom stereocenters. The number of rotatable bonds is 44. The van der Waals surface area contributed by atoms with E-state index in [1.807, 2.05) is 0 Å². The van der Waals surface area contributed by atoms with Crippen LogP contribution < -0.4 is 5.32 Å². The maximum absolute atomic E-state index is 12.8. The molecule has 0 rings (SSSR count). The van der Waals surface area contributed by atoms with Gasteiger partial charge in [-0.05, 0) is 96.7 Å². The maximum atomic E-state index is 12.8. The Morgan fingerprint density at radius 1 is 0.431 bits per heavy atom. The van der Waals surface area contributed by atoms with Crippen molar-refractivity contribution in [3.63, 3.8) is 0 Å². The van der Waals surface area contributed by atoms with Crippen molar-refractivity contribution in [2.45, 2.75) is 265 Å². The Balaban J connectivity index is 4.45. The number of carbonyl (C=O) groups excluding carboxylic acids is 3. The van der Waals surface area contributed by atoms with Crippen LogP contribution >= 0.6 is 0 Å². The number of nitrogens with one attached hydrogen (secondary N) is 1. The zero-order valence-corrected chi connectivity index (χ0v) is 39.7. The van der Waals surface area contributed by atoms with Crippen LogP contribution in [0.4, 0.5) is 4.79 Å². The Kier molecular flexibility index (Phi) is 41.9. The normalized spacial score (nSPS) is 12.0. The maximum Gasteiger partial charge on any atom is 0.316 e. The summed E-state index contributed by atoms with van der Waals surface area (Å²) in [6.07, 6.45) is 40.1. The van der Waals surface area contributed by atoms with Crippen molar-refractivity contribution >= 4 is 18.0 Å². The average Bonchev–Trinajstić information content (AvgIpc) is 3.21. The first-order valence-corrected chi connectivity index (χ1v) is 25.3. The highest BCUT2D eigenvalue weighted by molar-refractivity contribution is 5.73. The topological polar surface area (TPSA) is 88.2 Å². The SMILES string of the molecule is CCCCCCCCC(CC)OC(=O)CCCCCCCN(CCCCCCCC(=O)OC(CCCCCCCC)CCCCCCCC)CCCNC(=O)N(C)C. The molecule has 344 valence electrons. The summed E-state index contributed by atoms with van der Waals surface area (Å²) in [5, 5.41) is 3.01. The second-order valence-electron chi connectivity index (χ2n) is 17.7. The van der Waals surface area contributed by atoms with Gasteiger partial charge in [0, 0.05) is 33.5 Å². The lowest BCUT2D eigenvalue weighted by atomic mass is 10.0. The molecule has 0 aliphatic heterocycles. The van der Waals surface area contributed by atoms with Crippen molar-refractivity contribution in [1.82, 2.24) is 15.1 Å². The van der Waals surface area contributed by atoms with Gasteiger partial charge in [-0.25, -0.2) is 4.79 Å². The summed E-state index contributed by atoms with van der Waals surface area (Å²) >= 11 is 0. The highest BCUT2D eigenvalue weighted by Crippen LogP contribution is 2.19. The summed E-state index contributed by atoms with van der Waals surface area (Å²) in [4.78, 5) is 41.4. The molecular weight excluding hydrogens is 723 g/mol. The lowest BCUT2D eigenvalue weighted by molar-refractivity contribution is -0.150. The van der Waals surface area contributed by atoms with E-state index in [1.54, 1.807) is 19.0 Å². The average molecular weight is 822 g/mol. The number of urea groups is 1. The van der Waals surface area contributed by atoms with E-state index in [-0.39, 0.29) is 30.2 Å². The molecular formula is C50H99N3O5. The van der Waals surface area contributed by atoms with E-state index in [0.29, 0.717) is 19.4 Å². The zero-order valence-electron chi connectivity index (χ0n) is 39.7. The fourth-order valence-corrected chi connectivity index (χ4v) is 7.82. The van der Waals surface area contributed by atoms with Crippen LogP contribution in [0.25, 0.3) is 0 Å². The summed E-state index contributed by atoms with van der Waals surface area (Å²) in [5.41, 5.74) is 0. The van der Waals surface area contributed by atoms with Gasteiger partial charge in [-0.1, -0.05) is 163 Å². The van der Waals surface area contributed by atoms with Crippen LogP contribution in [0.3, 0.4) is 0 Å². The molecule has 8 heteroatoms. The number of nitrogens with zero attached hydrogens (tertiary/aromatic N) is 2. The third-order valence-corrected chi connectivity index (χ3v) is 11.7. The molecule has 0 aromatic heterocycles. The Morgan fingerprint density at radius 2 is 0.776 bits per heavy atom. The van der Waals surface area contributed by atoms with Crippen molar-refractivity contribution in [3.05, 3.63) is 0 Å². The first-order chi connectivity index (χ1) is 28.3. The lowest BCUT2D eigenvalue weighted by Gasteiger charge is -2.23. The third-order valence-electron chi connectivity index (χ3n) is 11.7. The summed E-state index contributed by atoms with van der Waals surface area (Å²) in [7, 11) is 3.55. The lowest BCUT2D eigenvalue weighted by Crippen LogP contribution is -2.36. The summed E-state index contributed by atoms with van der Waals surface area (Å²) in [6, 6.07) is -0.0338. The van der Waals surface area contributed by atoms with Crippen LogP contribution in [0, 0.1) is 0 Å². The van der Waals surface area contributed by atoms with E-state index in [4.69, 9.17) is 9.47 Å². The second kappa shape index (κ2) is 43.3. The minimum absolute atomic E-state index is 0.0124. The minimum Gasteiger partial charge on any atom is -0.462 e. The fraction of sp³-hybridized carbons (Fsp3) is 0.940. The molecule has 0 aliphatic carbocycles. The van der Waals surface area contributed by atoms with Crippen LogP contribution in [0.2, 0.25) is 0 Å². The highest BCUT2D eigenvalue weighted by atomic mass is 16.5. The molecule has 1 N–H and O–H groups in total. The van der Waals surface area contributed by atoms with E-state index < -0.39 is 0 Å². The van der Waals surface area contributed by atoms with Crippen molar-refractivity contribution in [3.8, 4) is 0 Å². The van der Waals surface area contributed by atoms with Crippen LogP contribution in [-0.2, 0) is 19.1 Å². The van der Waals surface area contributed by atoms with Gasteiger partial charge >= 0.3 is 18.0 Å². The van der Waals surface area contributed by atoms with Gasteiger partial charge in [0.15, 0.2) is 0 Å². The van der Waals surface area contributed by atoms with Crippen LogP contribution in [0.15, 0.2) is 0 Å². The number of carbonyl (C=O) groups is 3. The number of unbranched alkanes of at least 4 members (excludes halogenated alkanes) is 23. The molecule has 0 saturated carbocycles. The van der Waals surface area contributed by atoms with E-state index in [9.17, 15) is 14.4 Å². The smallest absolute Gasteiger partial charge is 0.316 e. The third kappa shape index (κ3) is 38.4. The zero-order chi connectivity index (χ0) is 42.7. The molecule has 0 aromatic carbocycles. The van der Waals surface area contributed by atoms with E-state index in [2.05, 4.69) is 37.9 Å². The molecule has 8 nitrogen and oxygen atoms in total. The Labute approximate surface area is 360 Å². The van der Waals surface area contributed by atoms with Crippen LogP contribution in [-0.4, -0.2) is 80.3 Å². The monoisotopic (exact) mass is 822 g/mol. The number of hydrogen-bond acceptors (Lipinski definition) is 6. The fourth-order valence-electron chi connectivity index (χ4n) is 7.82. The van der Waals surface area contributed by atoms with Gasteiger partial charge in [0.2, 0.25) is 0 Å². The van der Waals surface area contributed by atoms with E-state index in [1.165, 1.54) is 122 Å². The van der Waals surface area contributed by atoms with Gasteiger partial charge in [0.1, 0.15) is 12.2 Å². The molecule has 0 heterocycles. The molecule has 58 heavy (non-hydrogen) atoms. The van der Waals surface area contributed by atoms with Gasteiger partial charge < -0.3 is 24.6 Å². The minimum atomic E-state index is -0.0338. The molecule has 0 spiro atoms. The van der Waals surface area contributed by atoms with E-state index in [0.717, 1.165) is 110 Å². The molecule has 0 aromatic rings. The number of ether oxygens (including phenoxy) is 2. The van der Waals surface area contributed by atoms with Crippen molar-refractivity contribution in [2.24, 2.45) is 0 Å². The van der Waals surface area contributed by atoms with Crippen LogP contribution in [0.5, 0.6) is 0 Å². The van der Waals surface area contributed by atoms with Gasteiger partial charge in [-0.2, -0.15) is 0 Å². The highest BCUT2D eigenvalue weighted by Gasteiger charge is 2.15. The first-order valence-electron chi connectivity index (χ1n) is 25.3. The van der Waals surface area contributed by atoms with Crippen molar-refractivity contribution < 1.29 is 23.9 Å². The molecule has 0 fully saturated rings. The van der Waals surface area contributed by atoms with Gasteiger partial charge in [-0.15, -0.1) is 0 Å². The Morgan fingerprint density at radius 3 is 1.19 bits per heavy atom. The van der Waals surface area contributed by atoms with Gasteiger partial charge in [0.05, 0.1) is 0 Å². The summed E-state index contributed by atoms with van der Waals surface area (Å²) < 4.78 is 11.9. The molecule has 1 unspecified atom stereocenters. The summed E-state index contributed by atoms with van der Waals surface area (Å²) in [5.74, 6) is -0.00471. The van der Waals surface area contributed by atoms with Gasteiger partial charge in [-0.3, -0.25) is 9.59 Å². The second-order valence-corrected chi connectivity index (χ2v) is 17.7. The largest absolute Gasteiger partial charge is 0.462 e. The Bertz CT molecular complexity index is 900. The number of esters is 2. The van der Waals surface area contributed by atoms with Crippen molar-refractivity contribution in [1.29, 1.82) is 0 Å². The predicted molar refractivity (Wildman–Crippen MR) is 248 cm³/mol. The molecule has 0 saturated heterocycles. The Hall–Kier alpha value is -1.83. The standard InChI is InChI=1S/C50H99N3O5/c1-7-11-14-17-22-29-37-46(10-4)57-48(54)40-32-25-20-27-34-43-53(45-36-42-51-50(56)52(5)6)44-35-28-21-26-33-41-49(55)58-47(38-30-23-18-15-12-8-2)39-31-24-19-16-13-9-3/h46-47H,7-45H2,1-6H3,(H,51,56). The molecule has 0 bridgehead atoms. The number of amides is 2. The van der Waals surface area contributed by atoms with E-state index >= 15 is 0 Å². The predicted octanol–water partition coefficient (Wildman–Crippen LogP) is 14.1. The number of hydrogen-bond donors (Lipinski definition) is 1. The molecule has 0 aliphatic rings. The van der Waals surface area contributed by atoms with Crippen molar-refractivity contribution in [2.75, 3.05) is 40.3 Å². The first kappa shape index (κ1) is 56.2. The van der Waals surface area contributed by atoms with Crippen LogP contribution in [0.1, 0.15) is 252 Å². The molecule has 2 amide bonds. The summed E-state index contributed by atoms with van der Waals surface area (Å²) in [6.45, 7) is 12.7. The van der Waals surface area contributed by atoms with Gasteiger partial charge in [0.25, 0.3) is 0 Å². The quantitative estimate of drug-likeness (QED) is 0.0486. The molecule has 0 radical (unpaired) electrons.